The second kappa shape index (κ2) is 8.13. The molecule has 2 aromatic rings. The van der Waals surface area contributed by atoms with E-state index in [1.807, 2.05) is 54.3 Å². The number of likely N-dealkylation sites (tertiary alicyclic amines) is 1. The molecule has 1 atom stereocenters. The van der Waals surface area contributed by atoms with Crippen LogP contribution in [0.15, 0.2) is 42.5 Å². The molecule has 0 radical (unpaired) electrons. The molecule has 1 aromatic heterocycles. The maximum atomic E-state index is 12.9. The van der Waals surface area contributed by atoms with E-state index in [9.17, 15) is 9.59 Å². The Morgan fingerprint density at radius 3 is 2.77 bits per heavy atom. The third kappa shape index (κ3) is 4.28. The van der Waals surface area contributed by atoms with Gasteiger partial charge < -0.3 is 10.2 Å². The van der Waals surface area contributed by atoms with E-state index in [4.69, 9.17) is 0 Å². The summed E-state index contributed by atoms with van der Waals surface area (Å²) in [5.41, 5.74) is 3.95. The zero-order valence-corrected chi connectivity index (χ0v) is 15.4. The van der Waals surface area contributed by atoms with Gasteiger partial charge in [0.2, 0.25) is 11.8 Å². The van der Waals surface area contributed by atoms with Gasteiger partial charge in [-0.25, -0.2) is 0 Å². The van der Waals surface area contributed by atoms with Crippen LogP contribution in [0.3, 0.4) is 0 Å². The van der Waals surface area contributed by atoms with Crippen LogP contribution in [0.2, 0.25) is 0 Å². The van der Waals surface area contributed by atoms with Crippen molar-refractivity contribution in [3.8, 4) is 0 Å². The van der Waals surface area contributed by atoms with Crippen LogP contribution >= 0.6 is 0 Å². The van der Waals surface area contributed by atoms with Gasteiger partial charge in [-0.15, -0.1) is 0 Å². The topological polar surface area (TPSA) is 62.3 Å². The van der Waals surface area contributed by atoms with Crippen molar-refractivity contribution in [1.82, 2.24) is 15.2 Å². The van der Waals surface area contributed by atoms with E-state index in [0.29, 0.717) is 13.0 Å². The Morgan fingerprint density at radius 1 is 1.19 bits per heavy atom. The third-order valence-electron chi connectivity index (χ3n) is 4.86. The molecule has 1 aliphatic rings. The van der Waals surface area contributed by atoms with Crippen LogP contribution < -0.4 is 5.32 Å². The standard InChI is InChI=1S/C21H25N3O2/c1-15-7-3-4-8-17(15)13-21(26)24-12-6-11-20(24)19-10-5-9-18(23-19)14-22-16(2)25/h3-5,7-10,20H,6,11-14H2,1-2H3,(H,22,25). The Morgan fingerprint density at radius 2 is 2.00 bits per heavy atom. The van der Waals surface area contributed by atoms with E-state index in [1.54, 1.807) is 0 Å². The van der Waals surface area contributed by atoms with Crippen molar-refractivity contribution in [2.24, 2.45) is 0 Å². The SMILES string of the molecule is CC(=O)NCc1cccc(C2CCCN2C(=O)Cc2ccccc2C)n1. The zero-order chi connectivity index (χ0) is 18.5. The van der Waals surface area contributed by atoms with Gasteiger partial charge in [-0.2, -0.15) is 0 Å². The number of nitrogens with one attached hydrogen (secondary N) is 1. The van der Waals surface area contributed by atoms with Gasteiger partial charge in [-0.05, 0) is 43.0 Å². The summed E-state index contributed by atoms with van der Waals surface area (Å²) in [6.07, 6.45) is 2.34. The van der Waals surface area contributed by atoms with Crippen LogP contribution in [-0.4, -0.2) is 28.2 Å². The lowest BCUT2D eigenvalue weighted by molar-refractivity contribution is -0.131. The Bertz CT molecular complexity index is 803. The van der Waals surface area contributed by atoms with Crippen LogP contribution in [0.25, 0.3) is 0 Å². The molecular weight excluding hydrogens is 326 g/mol. The number of amides is 2. The average molecular weight is 351 g/mol. The fourth-order valence-corrected chi connectivity index (χ4v) is 3.44. The zero-order valence-electron chi connectivity index (χ0n) is 15.4. The van der Waals surface area contributed by atoms with Gasteiger partial charge in [0.15, 0.2) is 0 Å². The first-order chi connectivity index (χ1) is 12.5. The molecule has 1 saturated heterocycles. The lowest BCUT2D eigenvalue weighted by Crippen LogP contribution is -2.32. The Balaban J connectivity index is 1.73. The van der Waals surface area contributed by atoms with E-state index in [2.05, 4.69) is 10.3 Å². The van der Waals surface area contributed by atoms with E-state index >= 15 is 0 Å². The first-order valence-electron chi connectivity index (χ1n) is 9.09. The summed E-state index contributed by atoms with van der Waals surface area (Å²) in [7, 11) is 0. The molecular formula is C21H25N3O2. The second-order valence-corrected chi connectivity index (χ2v) is 6.81. The fourth-order valence-electron chi connectivity index (χ4n) is 3.44. The monoisotopic (exact) mass is 351 g/mol. The molecule has 26 heavy (non-hydrogen) atoms. The molecule has 0 aliphatic carbocycles. The number of benzene rings is 1. The van der Waals surface area contributed by atoms with E-state index in [-0.39, 0.29) is 17.9 Å². The van der Waals surface area contributed by atoms with Crippen molar-refractivity contribution < 1.29 is 9.59 Å². The Kier molecular flexibility index (Phi) is 5.66. The van der Waals surface area contributed by atoms with Gasteiger partial charge in [0.1, 0.15) is 0 Å². The molecule has 0 spiro atoms. The highest BCUT2D eigenvalue weighted by molar-refractivity contribution is 5.80. The number of nitrogens with zero attached hydrogens (tertiary/aromatic N) is 2. The van der Waals surface area contributed by atoms with Crippen LogP contribution in [0.4, 0.5) is 0 Å². The summed E-state index contributed by atoms with van der Waals surface area (Å²) in [5.74, 6) is 0.0731. The number of aromatic nitrogens is 1. The maximum absolute atomic E-state index is 12.9. The van der Waals surface area contributed by atoms with Gasteiger partial charge in [0, 0.05) is 13.5 Å². The third-order valence-corrected chi connectivity index (χ3v) is 4.86. The normalized spacial score (nSPS) is 16.5. The fraction of sp³-hybridized carbons (Fsp3) is 0.381. The number of hydrogen-bond acceptors (Lipinski definition) is 3. The molecule has 3 rings (SSSR count). The molecule has 1 fully saturated rings. The molecule has 0 bridgehead atoms. The second-order valence-electron chi connectivity index (χ2n) is 6.81. The minimum Gasteiger partial charge on any atom is -0.351 e. The Labute approximate surface area is 154 Å². The average Bonchev–Trinajstić information content (AvgIpc) is 3.12. The summed E-state index contributed by atoms with van der Waals surface area (Å²) < 4.78 is 0. The van der Waals surface area contributed by atoms with Crippen LogP contribution in [-0.2, 0) is 22.6 Å². The highest BCUT2D eigenvalue weighted by Crippen LogP contribution is 2.31. The largest absolute Gasteiger partial charge is 0.351 e. The van der Waals surface area contributed by atoms with Crippen LogP contribution in [0.5, 0.6) is 0 Å². The molecule has 1 aliphatic heterocycles. The van der Waals surface area contributed by atoms with Crippen molar-refractivity contribution in [3.05, 3.63) is 65.0 Å². The number of carbonyl (C=O) groups is 2. The van der Waals surface area contributed by atoms with Crippen molar-refractivity contribution in [2.75, 3.05) is 6.54 Å². The highest BCUT2D eigenvalue weighted by atomic mass is 16.2. The summed E-state index contributed by atoms with van der Waals surface area (Å²) in [6.45, 7) is 4.71. The van der Waals surface area contributed by atoms with Gasteiger partial charge in [-0.3, -0.25) is 14.6 Å². The quantitative estimate of drug-likeness (QED) is 0.901. The van der Waals surface area contributed by atoms with Gasteiger partial charge >= 0.3 is 0 Å². The number of pyridine rings is 1. The van der Waals surface area contributed by atoms with Gasteiger partial charge in [-0.1, -0.05) is 30.3 Å². The first-order valence-corrected chi connectivity index (χ1v) is 9.09. The molecule has 2 heterocycles. The number of rotatable bonds is 5. The van der Waals surface area contributed by atoms with Gasteiger partial charge in [0.05, 0.1) is 30.4 Å². The van der Waals surface area contributed by atoms with Crippen molar-refractivity contribution in [2.45, 2.75) is 45.7 Å². The molecule has 1 N–H and O–H groups in total. The molecule has 5 heteroatoms. The van der Waals surface area contributed by atoms with Gasteiger partial charge in [0.25, 0.3) is 0 Å². The summed E-state index contributed by atoms with van der Waals surface area (Å²) >= 11 is 0. The number of hydrogen-bond donors (Lipinski definition) is 1. The van der Waals surface area contributed by atoms with E-state index in [0.717, 1.165) is 41.9 Å². The van der Waals surface area contributed by atoms with Crippen molar-refractivity contribution in [1.29, 1.82) is 0 Å². The van der Waals surface area contributed by atoms with E-state index < -0.39 is 0 Å². The first kappa shape index (κ1) is 18.1. The lowest BCUT2D eigenvalue weighted by Gasteiger charge is -2.25. The molecule has 1 aromatic carbocycles. The highest BCUT2D eigenvalue weighted by Gasteiger charge is 2.31. The maximum Gasteiger partial charge on any atom is 0.227 e. The molecule has 136 valence electrons. The molecule has 0 saturated carbocycles. The number of carbonyl (C=O) groups excluding carboxylic acids is 2. The summed E-state index contributed by atoms with van der Waals surface area (Å²) in [4.78, 5) is 30.6. The Hall–Kier alpha value is -2.69. The van der Waals surface area contributed by atoms with Crippen LogP contribution in [0, 0.1) is 6.92 Å². The minimum absolute atomic E-state index is 0.0174. The summed E-state index contributed by atoms with van der Waals surface area (Å²) in [6, 6.07) is 13.9. The molecule has 2 amide bonds. The van der Waals surface area contributed by atoms with Crippen LogP contribution in [0.1, 0.15) is 48.3 Å². The molecule has 5 nitrogen and oxygen atoms in total. The molecule has 1 unspecified atom stereocenters. The number of aryl methyl sites for hydroxylation is 1. The van der Waals surface area contributed by atoms with Crippen molar-refractivity contribution >= 4 is 11.8 Å². The predicted molar refractivity (Wildman–Crippen MR) is 100 cm³/mol. The van der Waals surface area contributed by atoms with E-state index in [1.165, 1.54) is 6.92 Å². The lowest BCUT2D eigenvalue weighted by atomic mass is 10.0. The summed E-state index contributed by atoms with van der Waals surface area (Å²) in [5, 5.41) is 2.77. The minimum atomic E-state index is -0.0758. The van der Waals surface area contributed by atoms with Crippen molar-refractivity contribution in [3.63, 3.8) is 0 Å². The predicted octanol–water partition coefficient (Wildman–Crippen LogP) is 2.93. The smallest absolute Gasteiger partial charge is 0.227 e.